The molecule has 278 valence electrons. The molecule has 1 atom stereocenters. The van der Waals surface area contributed by atoms with Crippen LogP contribution in [0.4, 0.5) is 10.8 Å². The van der Waals surface area contributed by atoms with E-state index in [0.717, 1.165) is 11.1 Å². The number of phenolic OH excluding ortho intramolecular Hbond substituents is 1. The SMILES string of the molecule is COc1cc(O)ccc1/C=C(/NC(=O)c1ccccc1)C(=O)Nc1cccc(SC(C(=O)Nc2nc(-c3ccc(OC)c(OC)c3)cs2)c2ccccc2)c1. The fourth-order valence-electron chi connectivity index (χ4n) is 5.43. The van der Waals surface area contributed by atoms with Gasteiger partial charge in [-0.05, 0) is 72.3 Å². The van der Waals surface area contributed by atoms with Crippen molar-refractivity contribution in [2.24, 2.45) is 0 Å². The van der Waals surface area contributed by atoms with Gasteiger partial charge < -0.3 is 35.3 Å². The smallest absolute Gasteiger partial charge is 0.272 e. The van der Waals surface area contributed by atoms with Crippen LogP contribution >= 0.6 is 23.1 Å². The summed E-state index contributed by atoms with van der Waals surface area (Å²) in [5.41, 5.74) is 3.43. The molecular formula is C42H36N4O7S2. The first-order valence-corrected chi connectivity index (χ1v) is 18.6. The summed E-state index contributed by atoms with van der Waals surface area (Å²) in [5, 5.41) is 20.1. The van der Waals surface area contributed by atoms with Crippen LogP contribution in [-0.2, 0) is 9.59 Å². The molecule has 55 heavy (non-hydrogen) atoms. The molecule has 5 aromatic carbocycles. The number of aromatic nitrogens is 1. The van der Waals surface area contributed by atoms with Crippen LogP contribution in [0, 0.1) is 0 Å². The topological polar surface area (TPSA) is 148 Å². The van der Waals surface area contributed by atoms with Crippen molar-refractivity contribution in [3.8, 4) is 34.3 Å². The van der Waals surface area contributed by atoms with Crippen LogP contribution in [0.5, 0.6) is 23.0 Å². The van der Waals surface area contributed by atoms with Gasteiger partial charge in [0.1, 0.15) is 22.4 Å². The number of thiazole rings is 1. The highest BCUT2D eigenvalue weighted by atomic mass is 32.2. The van der Waals surface area contributed by atoms with E-state index in [1.165, 1.54) is 48.4 Å². The molecule has 4 N–H and O–H groups in total. The van der Waals surface area contributed by atoms with E-state index < -0.39 is 17.1 Å². The Hall–Kier alpha value is -6.57. The van der Waals surface area contributed by atoms with Gasteiger partial charge in [-0.1, -0.05) is 54.6 Å². The molecule has 0 spiro atoms. The number of methoxy groups -OCH3 is 3. The Labute approximate surface area is 326 Å². The second-order valence-electron chi connectivity index (χ2n) is 11.8. The van der Waals surface area contributed by atoms with Gasteiger partial charge in [-0.2, -0.15) is 0 Å². The minimum absolute atomic E-state index is 0.0175. The van der Waals surface area contributed by atoms with Crippen molar-refractivity contribution < 1.29 is 33.7 Å². The van der Waals surface area contributed by atoms with E-state index in [0.29, 0.717) is 49.8 Å². The summed E-state index contributed by atoms with van der Waals surface area (Å²) in [6.45, 7) is 0. The normalized spacial score (nSPS) is 11.6. The van der Waals surface area contributed by atoms with E-state index in [9.17, 15) is 19.5 Å². The van der Waals surface area contributed by atoms with Gasteiger partial charge in [0.15, 0.2) is 16.6 Å². The number of anilines is 2. The number of ether oxygens (including phenoxy) is 3. The Morgan fingerprint density at radius 2 is 1.49 bits per heavy atom. The third-order valence-corrected chi connectivity index (χ3v) is 10.2. The van der Waals surface area contributed by atoms with Crippen molar-refractivity contribution in [2.45, 2.75) is 10.1 Å². The quantitative estimate of drug-likeness (QED) is 0.0633. The Morgan fingerprint density at radius 1 is 0.764 bits per heavy atom. The predicted molar refractivity (Wildman–Crippen MR) is 216 cm³/mol. The van der Waals surface area contributed by atoms with Gasteiger partial charge in [0.05, 0.1) is 27.0 Å². The van der Waals surface area contributed by atoms with Gasteiger partial charge in [0, 0.05) is 38.7 Å². The monoisotopic (exact) mass is 772 g/mol. The number of hydrogen-bond acceptors (Lipinski definition) is 10. The predicted octanol–water partition coefficient (Wildman–Crippen LogP) is 8.42. The van der Waals surface area contributed by atoms with E-state index in [-0.39, 0.29) is 17.4 Å². The highest BCUT2D eigenvalue weighted by molar-refractivity contribution is 8.00. The van der Waals surface area contributed by atoms with Gasteiger partial charge in [0.25, 0.3) is 11.8 Å². The van der Waals surface area contributed by atoms with Gasteiger partial charge >= 0.3 is 0 Å². The van der Waals surface area contributed by atoms with Gasteiger partial charge in [-0.25, -0.2) is 4.98 Å². The van der Waals surface area contributed by atoms with Gasteiger partial charge in [-0.3, -0.25) is 14.4 Å². The standard InChI is InChI=1S/C42H36N4O7S2/c1-51-35-20-18-28(22-37(35)53-3)34-25-54-42(45-34)46-41(50)38(26-11-6-4-7-12-26)55-32-16-10-15-30(23-32)43-40(49)33(44-39(48)27-13-8-5-9-14-27)21-29-17-19-31(47)24-36(29)52-2/h4-25,38,47H,1-3H3,(H,43,49)(H,44,48)(H,45,46,50)/b33-21+. The molecule has 0 saturated heterocycles. The molecule has 11 nitrogen and oxygen atoms in total. The molecule has 1 unspecified atom stereocenters. The Morgan fingerprint density at radius 3 is 2.22 bits per heavy atom. The van der Waals surface area contributed by atoms with E-state index >= 15 is 0 Å². The molecule has 0 aliphatic heterocycles. The molecule has 0 bridgehead atoms. The number of carbonyl (C=O) groups excluding carboxylic acids is 3. The molecule has 0 aliphatic rings. The first kappa shape index (κ1) is 38.2. The summed E-state index contributed by atoms with van der Waals surface area (Å²) in [7, 11) is 4.58. The lowest BCUT2D eigenvalue weighted by Gasteiger charge is -2.17. The average molecular weight is 773 g/mol. The molecular weight excluding hydrogens is 737 g/mol. The maximum atomic E-state index is 13.9. The Kier molecular flexibility index (Phi) is 12.5. The van der Waals surface area contributed by atoms with Gasteiger partial charge in [0.2, 0.25) is 5.91 Å². The minimum Gasteiger partial charge on any atom is -0.508 e. The second-order valence-corrected chi connectivity index (χ2v) is 13.8. The maximum absolute atomic E-state index is 13.9. The lowest BCUT2D eigenvalue weighted by Crippen LogP contribution is -2.30. The number of aromatic hydroxyl groups is 1. The molecule has 6 aromatic rings. The number of nitrogens with zero attached hydrogens (tertiary/aromatic N) is 1. The molecule has 1 aromatic heterocycles. The molecule has 13 heteroatoms. The van der Waals surface area contributed by atoms with Crippen LogP contribution < -0.4 is 30.2 Å². The summed E-state index contributed by atoms with van der Waals surface area (Å²) in [6, 6.07) is 34.9. The summed E-state index contributed by atoms with van der Waals surface area (Å²) >= 11 is 2.61. The number of amides is 3. The van der Waals surface area contributed by atoms with Crippen LogP contribution in [-0.4, -0.2) is 49.1 Å². The van der Waals surface area contributed by atoms with Crippen LogP contribution in [0.25, 0.3) is 17.3 Å². The zero-order chi connectivity index (χ0) is 38.7. The molecule has 0 saturated carbocycles. The van der Waals surface area contributed by atoms with E-state index in [2.05, 4.69) is 20.9 Å². The number of thioether (sulfide) groups is 1. The van der Waals surface area contributed by atoms with Crippen LogP contribution in [0.3, 0.4) is 0 Å². The zero-order valence-corrected chi connectivity index (χ0v) is 31.6. The second kappa shape index (κ2) is 18.0. The fraction of sp³-hybridized carbons (Fsp3) is 0.0952. The molecule has 1 heterocycles. The molecule has 0 radical (unpaired) electrons. The van der Waals surface area contributed by atoms with E-state index in [4.69, 9.17) is 14.2 Å². The first-order chi connectivity index (χ1) is 26.7. The Balaban J connectivity index is 1.22. The number of phenols is 1. The summed E-state index contributed by atoms with van der Waals surface area (Å²) in [5.74, 6) is 0.0801. The third-order valence-electron chi connectivity index (χ3n) is 8.15. The number of carbonyl (C=O) groups is 3. The van der Waals surface area contributed by atoms with Crippen molar-refractivity contribution in [3.63, 3.8) is 0 Å². The number of hydrogen-bond donors (Lipinski definition) is 4. The number of benzene rings is 5. The molecule has 0 aliphatic carbocycles. The average Bonchev–Trinajstić information content (AvgIpc) is 3.68. The summed E-state index contributed by atoms with van der Waals surface area (Å²) in [4.78, 5) is 46.3. The highest BCUT2D eigenvalue weighted by Crippen LogP contribution is 2.38. The van der Waals surface area contributed by atoms with Crippen LogP contribution in [0.2, 0.25) is 0 Å². The van der Waals surface area contributed by atoms with Gasteiger partial charge in [-0.15, -0.1) is 23.1 Å². The van der Waals surface area contributed by atoms with E-state index in [1.807, 2.05) is 53.9 Å². The number of rotatable bonds is 14. The lowest BCUT2D eigenvalue weighted by atomic mass is 10.1. The third kappa shape index (κ3) is 9.71. The Bertz CT molecular complexity index is 2330. The van der Waals surface area contributed by atoms with Crippen molar-refractivity contribution >= 4 is 57.7 Å². The van der Waals surface area contributed by atoms with Crippen molar-refractivity contribution in [1.29, 1.82) is 0 Å². The summed E-state index contributed by atoms with van der Waals surface area (Å²) < 4.78 is 16.2. The van der Waals surface area contributed by atoms with Crippen molar-refractivity contribution in [3.05, 3.63) is 149 Å². The minimum atomic E-state index is -0.678. The van der Waals surface area contributed by atoms with Crippen molar-refractivity contribution in [1.82, 2.24) is 10.3 Å². The fourth-order valence-corrected chi connectivity index (χ4v) is 7.24. The largest absolute Gasteiger partial charge is 0.508 e. The lowest BCUT2D eigenvalue weighted by molar-refractivity contribution is -0.116. The highest BCUT2D eigenvalue weighted by Gasteiger charge is 2.24. The molecule has 3 amide bonds. The van der Waals surface area contributed by atoms with Crippen molar-refractivity contribution in [2.75, 3.05) is 32.0 Å². The van der Waals surface area contributed by atoms with Crippen LogP contribution in [0.15, 0.2) is 137 Å². The number of nitrogens with one attached hydrogen (secondary N) is 3. The maximum Gasteiger partial charge on any atom is 0.272 e. The molecule has 0 fully saturated rings. The zero-order valence-electron chi connectivity index (χ0n) is 29.9. The first-order valence-electron chi connectivity index (χ1n) is 16.8. The summed E-state index contributed by atoms with van der Waals surface area (Å²) in [6.07, 6.45) is 1.47. The molecule has 6 rings (SSSR count). The van der Waals surface area contributed by atoms with Crippen LogP contribution in [0.1, 0.15) is 26.7 Å². The van der Waals surface area contributed by atoms with E-state index in [1.54, 1.807) is 74.9 Å².